The van der Waals surface area contributed by atoms with Crippen LogP contribution in [0, 0.1) is 0 Å². The minimum atomic E-state index is -3.31. The second-order valence-corrected chi connectivity index (χ2v) is 13.6. The Balaban J connectivity index is 2.95. The number of rotatable bonds is 2. The molecule has 0 heterocycles. The molecule has 0 saturated heterocycles. The van der Waals surface area contributed by atoms with Gasteiger partial charge in [0.15, 0.2) is 0 Å². The molecule has 2 unspecified atom stereocenters. The van der Waals surface area contributed by atoms with Crippen molar-refractivity contribution in [1.29, 1.82) is 0 Å². The summed E-state index contributed by atoms with van der Waals surface area (Å²) >= 11 is 0. The Bertz CT molecular complexity index is 1660. The molecule has 0 radical (unpaired) electrons. The van der Waals surface area contributed by atoms with Gasteiger partial charge in [0.2, 0.25) is 61.8 Å². The van der Waals surface area contributed by atoms with Gasteiger partial charge in [-0.05, 0) is 18.8 Å². The van der Waals surface area contributed by atoms with E-state index in [1.54, 1.807) is 0 Å². The van der Waals surface area contributed by atoms with Crippen molar-refractivity contribution in [2.45, 2.75) is 11.3 Å². The molecule has 0 aliphatic heterocycles. The zero-order valence-corrected chi connectivity index (χ0v) is 21.1. The second-order valence-electron chi connectivity index (χ2n) is 5.80. The fourth-order valence-electron chi connectivity index (χ4n) is 2.95. The van der Waals surface area contributed by atoms with E-state index in [0.29, 0.717) is 0 Å². The number of hydrogen-bond acceptors (Lipinski definition) is 12. The monoisotopic (exact) mass is 580 g/mol. The van der Waals surface area contributed by atoms with E-state index in [4.69, 9.17) is 0 Å². The van der Waals surface area contributed by atoms with Gasteiger partial charge in [-0.2, -0.15) is 50.5 Å². The first-order valence-corrected chi connectivity index (χ1v) is 16.1. The van der Waals surface area contributed by atoms with Crippen LogP contribution in [-0.4, -0.2) is 97.7 Å². The van der Waals surface area contributed by atoms with Crippen molar-refractivity contribution >= 4 is 98.9 Å². The van der Waals surface area contributed by atoms with E-state index in [-0.39, 0.29) is 0 Å². The molecular weight excluding hydrogens is 572 g/mol. The highest BCUT2D eigenvalue weighted by molar-refractivity contribution is 7.91. The van der Waals surface area contributed by atoms with Gasteiger partial charge in [0.25, 0.3) is 0 Å². The third-order valence-corrected chi connectivity index (χ3v) is 12.3. The van der Waals surface area contributed by atoms with E-state index in [1.807, 2.05) is 0 Å². The Morgan fingerprint density at radius 2 is 0.844 bits per heavy atom. The highest BCUT2D eigenvalue weighted by atomic mass is 32.2. The average molecular weight is 581 g/mol. The van der Waals surface area contributed by atoms with Crippen LogP contribution in [0.15, 0.2) is 24.3 Å². The molecule has 2 rings (SSSR count). The van der Waals surface area contributed by atoms with Crippen LogP contribution in [0.25, 0.3) is 0 Å². The van der Waals surface area contributed by atoms with Gasteiger partial charge in [-0.1, -0.05) is 20.1 Å². The molecule has 2 aliphatic rings. The Labute approximate surface area is 190 Å². The fraction of sp³-hybridized carbons (Fsp3) is 0.231. The smallest absolute Gasteiger partial charge is 0.184 e. The van der Waals surface area contributed by atoms with E-state index >= 15 is 0 Å². The summed E-state index contributed by atoms with van der Waals surface area (Å²) in [5.41, 5.74) is -2.67. The maximum Gasteiger partial charge on any atom is 0.224 e. The van der Waals surface area contributed by atoms with Crippen molar-refractivity contribution in [3.8, 4) is 0 Å². The van der Waals surface area contributed by atoms with Crippen molar-refractivity contribution < 1.29 is 50.5 Å². The summed E-state index contributed by atoms with van der Waals surface area (Å²) in [6.45, 7) is 1.33. The Morgan fingerprint density at radius 1 is 0.531 bits per heavy atom. The fourth-order valence-corrected chi connectivity index (χ4v) is 11.5. The van der Waals surface area contributed by atoms with E-state index in [9.17, 15) is 50.5 Å². The van der Waals surface area contributed by atoms with Crippen molar-refractivity contribution in [2.24, 2.45) is 0 Å². The Kier molecular flexibility index (Phi) is 8.49. The van der Waals surface area contributed by atoms with Gasteiger partial charge in [-0.3, -0.25) is 0 Å². The van der Waals surface area contributed by atoms with Gasteiger partial charge < -0.3 is 0 Å². The van der Waals surface area contributed by atoms with Gasteiger partial charge in [-0.25, -0.2) is 0 Å². The van der Waals surface area contributed by atoms with Gasteiger partial charge in [0.1, 0.15) is 29.2 Å². The summed E-state index contributed by atoms with van der Waals surface area (Å²) < 4.78 is 139. The molecule has 0 bridgehead atoms. The normalized spacial score (nSPS) is 21.4. The summed E-state index contributed by atoms with van der Waals surface area (Å²) in [6.07, 6.45) is 3.79. The predicted molar refractivity (Wildman–Crippen MR) is 122 cm³/mol. The number of hydrogen-bond donors (Lipinski definition) is 0. The summed E-state index contributed by atoms with van der Waals surface area (Å²) in [5.74, 6) is 0. The van der Waals surface area contributed by atoms with Crippen LogP contribution in [0.5, 0.6) is 0 Å². The van der Waals surface area contributed by atoms with Crippen molar-refractivity contribution in [2.75, 3.05) is 6.66 Å². The number of allylic oxidation sites excluding steroid dienone is 4. The predicted octanol–water partition coefficient (Wildman–Crippen LogP) is -3.72. The molecule has 2 aliphatic carbocycles. The molecule has 12 nitrogen and oxygen atoms in total. The molecule has 174 valence electrons. The first-order valence-electron chi connectivity index (χ1n) is 7.68. The standard InChI is InChI=1S/C13H9O12PS6/c1-26(6-2-4-8(27(14)15)12(31(22)23)10(6)29(18)19)7-3-5-9(28(16)17)13(32(24)25)11(7)30(20)21/h2-7H,1H3. The third kappa shape index (κ3) is 5.00. The summed E-state index contributed by atoms with van der Waals surface area (Å²) in [7, 11) is -21.4. The van der Waals surface area contributed by atoms with Crippen LogP contribution in [-0.2, 0) is 61.8 Å². The van der Waals surface area contributed by atoms with Crippen molar-refractivity contribution in [3.63, 3.8) is 0 Å². The maximum absolute atomic E-state index is 11.9. The van der Waals surface area contributed by atoms with Crippen LogP contribution in [0.1, 0.15) is 0 Å². The molecule has 0 aromatic heterocycles. The minimum absolute atomic E-state index is 0.821. The van der Waals surface area contributed by atoms with Gasteiger partial charge in [0, 0.05) is 11.3 Å². The average Bonchev–Trinajstić information content (AvgIpc) is 2.70. The zero-order valence-electron chi connectivity index (χ0n) is 15.3. The topological polar surface area (TPSA) is 205 Å². The lowest BCUT2D eigenvalue weighted by Gasteiger charge is -2.31. The van der Waals surface area contributed by atoms with E-state index in [1.165, 1.54) is 6.66 Å². The summed E-state index contributed by atoms with van der Waals surface area (Å²) in [4.78, 5) is -5.38. The van der Waals surface area contributed by atoms with Crippen LogP contribution in [0.2, 0.25) is 0 Å². The molecule has 32 heavy (non-hydrogen) atoms. The Morgan fingerprint density at radius 3 is 1.06 bits per heavy atom. The summed E-state index contributed by atoms with van der Waals surface area (Å²) in [6, 6.07) is 0. The largest absolute Gasteiger partial charge is 0.224 e. The van der Waals surface area contributed by atoms with Crippen molar-refractivity contribution in [1.82, 2.24) is 0 Å². The Hall–Kier alpha value is -1.95. The van der Waals surface area contributed by atoms with Crippen LogP contribution in [0.3, 0.4) is 0 Å². The SMILES string of the molecule is CP(C1C=CC(=S(=O)=O)C(=S(=O)=O)C1=S(=O)=O)C1C=CC(=S(=O)=O)C(=S(=O)=O)C1=S(=O)=O. The lowest BCUT2D eigenvalue weighted by molar-refractivity contribution is 0.624. The molecule has 0 saturated carbocycles. The maximum atomic E-state index is 11.9. The molecular formula is C13H9O12PS6. The zero-order chi connectivity index (χ0) is 24.5. The van der Waals surface area contributed by atoms with E-state index in [2.05, 4.69) is 0 Å². The molecule has 0 aromatic rings. The van der Waals surface area contributed by atoms with Crippen LogP contribution in [0.4, 0.5) is 0 Å². The second kappa shape index (κ2) is 10.3. The van der Waals surface area contributed by atoms with Crippen LogP contribution < -0.4 is 0 Å². The lowest BCUT2D eigenvalue weighted by Crippen LogP contribution is -2.42. The minimum Gasteiger partial charge on any atom is -0.184 e. The van der Waals surface area contributed by atoms with Crippen LogP contribution >= 0.6 is 7.92 Å². The van der Waals surface area contributed by atoms with Gasteiger partial charge >= 0.3 is 0 Å². The quantitative estimate of drug-likeness (QED) is 0.228. The first-order chi connectivity index (χ1) is 14.8. The highest BCUT2D eigenvalue weighted by Crippen LogP contribution is 2.47. The van der Waals surface area contributed by atoms with Gasteiger partial charge in [-0.15, -0.1) is 0 Å². The molecule has 0 spiro atoms. The molecule has 19 heteroatoms. The van der Waals surface area contributed by atoms with E-state index < -0.39 is 110 Å². The molecule has 0 N–H and O–H groups in total. The highest BCUT2D eigenvalue weighted by Gasteiger charge is 2.40. The van der Waals surface area contributed by atoms with Gasteiger partial charge in [0.05, 0.1) is 0 Å². The molecule has 0 amide bonds. The van der Waals surface area contributed by atoms with Crippen molar-refractivity contribution in [3.05, 3.63) is 24.3 Å². The molecule has 2 atom stereocenters. The third-order valence-electron chi connectivity index (χ3n) is 4.22. The lowest BCUT2D eigenvalue weighted by atomic mass is 10.1. The molecule has 0 fully saturated rings. The van der Waals surface area contributed by atoms with E-state index in [0.717, 1.165) is 24.3 Å². The molecule has 0 aromatic carbocycles. The first kappa shape index (κ1) is 26.3. The summed E-state index contributed by atoms with van der Waals surface area (Å²) in [5, 5.41) is 0.